The number of hydrogen-bond acceptors (Lipinski definition) is 2. The molecule has 3 nitrogen and oxygen atoms in total. The second-order valence-electron chi connectivity index (χ2n) is 5.29. The van der Waals surface area contributed by atoms with Gasteiger partial charge in [0, 0.05) is 20.1 Å². The molecular formula is C17H24IN3S. The van der Waals surface area contributed by atoms with E-state index in [0.29, 0.717) is 0 Å². The summed E-state index contributed by atoms with van der Waals surface area (Å²) in [7, 11) is 1.80. The highest BCUT2D eigenvalue weighted by atomic mass is 127. The summed E-state index contributed by atoms with van der Waals surface area (Å²) in [6.45, 7) is 8.06. The van der Waals surface area contributed by atoms with Crippen LogP contribution in [-0.4, -0.2) is 13.0 Å². The van der Waals surface area contributed by atoms with Gasteiger partial charge in [-0.25, -0.2) is 0 Å². The van der Waals surface area contributed by atoms with Gasteiger partial charge in [-0.3, -0.25) is 4.99 Å². The Balaban J connectivity index is 0.00000242. The Morgan fingerprint density at radius 2 is 1.73 bits per heavy atom. The van der Waals surface area contributed by atoms with Gasteiger partial charge in [0.25, 0.3) is 0 Å². The number of nitrogens with one attached hydrogen (secondary N) is 2. The molecule has 1 heterocycles. The maximum Gasteiger partial charge on any atom is 0.191 e. The number of thiophene rings is 1. The van der Waals surface area contributed by atoms with Crippen LogP contribution in [0.3, 0.4) is 0 Å². The number of nitrogens with zero attached hydrogens (tertiary/aromatic N) is 1. The van der Waals surface area contributed by atoms with Crippen molar-refractivity contribution in [3.05, 3.63) is 56.8 Å². The summed E-state index contributed by atoms with van der Waals surface area (Å²) in [5.41, 5.74) is 6.60. The number of halogens is 1. The monoisotopic (exact) mass is 429 g/mol. The summed E-state index contributed by atoms with van der Waals surface area (Å²) in [4.78, 5) is 4.28. The fourth-order valence-electron chi connectivity index (χ4n) is 2.46. The zero-order valence-corrected chi connectivity index (χ0v) is 16.7. The van der Waals surface area contributed by atoms with Crippen LogP contribution in [0, 0.1) is 20.8 Å². The molecule has 0 aliphatic heterocycles. The first-order valence-corrected chi connectivity index (χ1v) is 8.06. The molecule has 2 rings (SSSR count). The topological polar surface area (TPSA) is 36.4 Å². The van der Waals surface area contributed by atoms with Gasteiger partial charge in [-0.15, -0.1) is 24.0 Å². The second-order valence-corrected chi connectivity index (χ2v) is 6.07. The van der Waals surface area contributed by atoms with Crippen molar-refractivity contribution < 1.29 is 0 Å². The van der Waals surface area contributed by atoms with Crippen molar-refractivity contribution in [3.8, 4) is 0 Å². The van der Waals surface area contributed by atoms with E-state index in [1.165, 1.54) is 27.8 Å². The molecule has 0 unspecified atom stereocenters. The molecule has 0 spiro atoms. The van der Waals surface area contributed by atoms with Crippen LogP contribution in [0.1, 0.15) is 27.8 Å². The Bertz CT molecular complexity index is 598. The van der Waals surface area contributed by atoms with Crippen molar-refractivity contribution >= 4 is 41.3 Å². The van der Waals surface area contributed by atoms with Crippen LogP contribution < -0.4 is 10.6 Å². The van der Waals surface area contributed by atoms with Gasteiger partial charge in [0.15, 0.2) is 5.96 Å². The van der Waals surface area contributed by atoms with E-state index < -0.39 is 0 Å². The van der Waals surface area contributed by atoms with Gasteiger partial charge in [-0.1, -0.05) is 17.7 Å². The summed E-state index contributed by atoms with van der Waals surface area (Å²) in [5.74, 6) is 0.834. The molecule has 0 aliphatic rings. The van der Waals surface area contributed by atoms with Gasteiger partial charge in [0.05, 0.1) is 0 Å². The molecule has 2 N–H and O–H groups in total. The zero-order valence-electron chi connectivity index (χ0n) is 13.6. The Kier molecular flexibility index (Phi) is 7.89. The molecule has 0 bridgehead atoms. The van der Waals surface area contributed by atoms with E-state index in [9.17, 15) is 0 Å². The Labute approximate surface area is 154 Å². The first-order valence-electron chi connectivity index (χ1n) is 7.12. The highest BCUT2D eigenvalue weighted by molar-refractivity contribution is 14.0. The summed E-state index contributed by atoms with van der Waals surface area (Å²) >= 11 is 1.71. The van der Waals surface area contributed by atoms with E-state index in [1.54, 1.807) is 18.4 Å². The lowest BCUT2D eigenvalue weighted by molar-refractivity contribution is 0.804. The summed E-state index contributed by atoms with van der Waals surface area (Å²) in [6, 6.07) is 6.58. The Hall–Kier alpha value is -1.08. The lowest BCUT2D eigenvalue weighted by Crippen LogP contribution is -2.36. The van der Waals surface area contributed by atoms with Crippen molar-refractivity contribution in [3.63, 3.8) is 0 Å². The number of hydrogen-bond donors (Lipinski definition) is 2. The van der Waals surface area contributed by atoms with Gasteiger partial charge in [0.2, 0.25) is 0 Å². The minimum Gasteiger partial charge on any atom is -0.352 e. The van der Waals surface area contributed by atoms with E-state index in [0.717, 1.165) is 19.0 Å². The molecule has 0 radical (unpaired) electrons. The first-order chi connectivity index (χ1) is 10.1. The van der Waals surface area contributed by atoms with E-state index in [1.807, 2.05) is 0 Å². The number of aryl methyl sites for hydroxylation is 3. The Morgan fingerprint density at radius 1 is 1.09 bits per heavy atom. The van der Waals surface area contributed by atoms with Crippen LogP contribution in [0.15, 0.2) is 34.0 Å². The third kappa shape index (κ3) is 5.28. The number of aliphatic imine (C=N–C) groups is 1. The smallest absolute Gasteiger partial charge is 0.191 e. The molecule has 0 atom stereocenters. The van der Waals surface area contributed by atoms with Gasteiger partial charge < -0.3 is 10.6 Å². The van der Waals surface area contributed by atoms with E-state index in [2.05, 4.69) is 65.4 Å². The number of benzene rings is 1. The lowest BCUT2D eigenvalue weighted by Gasteiger charge is -2.15. The maximum atomic E-state index is 4.28. The third-order valence-electron chi connectivity index (χ3n) is 3.54. The van der Waals surface area contributed by atoms with Gasteiger partial charge >= 0.3 is 0 Å². The van der Waals surface area contributed by atoms with Crippen LogP contribution in [0.4, 0.5) is 0 Å². The predicted molar refractivity (Wildman–Crippen MR) is 107 cm³/mol. The fourth-order valence-corrected chi connectivity index (χ4v) is 3.13. The van der Waals surface area contributed by atoms with Crippen LogP contribution in [-0.2, 0) is 13.1 Å². The molecule has 1 aromatic heterocycles. The predicted octanol–water partition coefficient (Wildman–Crippen LogP) is 4.16. The molecule has 120 valence electrons. The minimum absolute atomic E-state index is 0. The molecule has 0 fully saturated rings. The average Bonchev–Trinajstić information content (AvgIpc) is 2.94. The van der Waals surface area contributed by atoms with Crippen LogP contribution >= 0.6 is 35.3 Å². The van der Waals surface area contributed by atoms with Gasteiger partial charge in [0.1, 0.15) is 0 Å². The lowest BCUT2D eigenvalue weighted by atomic mass is 10.00. The standard InChI is InChI=1S/C17H23N3S.HI/c1-12-7-13(2)16(14(3)8-12)10-20-17(18-4)19-9-15-5-6-21-11-15;/h5-8,11H,9-10H2,1-4H3,(H2,18,19,20);1H. The van der Waals surface area contributed by atoms with Gasteiger partial charge in [-0.05, 0) is 59.9 Å². The third-order valence-corrected chi connectivity index (χ3v) is 4.27. The quantitative estimate of drug-likeness (QED) is 0.435. The molecule has 0 amide bonds. The normalized spacial score (nSPS) is 11.0. The van der Waals surface area contributed by atoms with Crippen molar-refractivity contribution in [1.82, 2.24) is 10.6 Å². The summed E-state index contributed by atoms with van der Waals surface area (Å²) < 4.78 is 0. The van der Waals surface area contributed by atoms with Crippen molar-refractivity contribution in [2.24, 2.45) is 4.99 Å². The number of rotatable bonds is 4. The molecule has 0 saturated heterocycles. The fraction of sp³-hybridized carbons (Fsp3) is 0.353. The first kappa shape index (κ1) is 19.0. The second kappa shape index (κ2) is 9.15. The molecule has 5 heteroatoms. The van der Waals surface area contributed by atoms with Crippen LogP contribution in [0.25, 0.3) is 0 Å². The van der Waals surface area contributed by atoms with Crippen LogP contribution in [0.2, 0.25) is 0 Å². The average molecular weight is 429 g/mol. The molecule has 0 saturated carbocycles. The number of guanidine groups is 1. The zero-order chi connectivity index (χ0) is 15.2. The van der Waals surface area contributed by atoms with E-state index in [4.69, 9.17) is 0 Å². The van der Waals surface area contributed by atoms with Crippen molar-refractivity contribution in [2.45, 2.75) is 33.9 Å². The molecule has 0 aliphatic carbocycles. The highest BCUT2D eigenvalue weighted by Crippen LogP contribution is 2.16. The summed E-state index contributed by atoms with van der Waals surface area (Å²) in [6.07, 6.45) is 0. The maximum absolute atomic E-state index is 4.28. The van der Waals surface area contributed by atoms with E-state index >= 15 is 0 Å². The van der Waals surface area contributed by atoms with E-state index in [-0.39, 0.29) is 24.0 Å². The summed E-state index contributed by atoms with van der Waals surface area (Å²) in [5, 5.41) is 11.0. The molecule has 22 heavy (non-hydrogen) atoms. The van der Waals surface area contributed by atoms with Gasteiger partial charge in [-0.2, -0.15) is 11.3 Å². The van der Waals surface area contributed by atoms with Crippen molar-refractivity contribution in [1.29, 1.82) is 0 Å². The molecule has 1 aromatic carbocycles. The Morgan fingerprint density at radius 3 is 2.27 bits per heavy atom. The largest absolute Gasteiger partial charge is 0.352 e. The molecule has 2 aromatic rings. The van der Waals surface area contributed by atoms with Crippen molar-refractivity contribution in [2.75, 3.05) is 7.05 Å². The highest BCUT2D eigenvalue weighted by Gasteiger charge is 2.05. The minimum atomic E-state index is 0. The van der Waals surface area contributed by atoms with Crippen LogP contribution in [0.5, 0.6) is 0 Å². The molecular weight excluding hydrogens is 405 g/mol. The SMILES string of the molecule is CN=C(NCc1ccsc1)NCc1c(C)cc(C)cc1C.I.